The van der Waals surface area contributed by atoms with Crippen molar-refractivity contribution in [3.8, 4) is 5.75 Å². The fraction of sp³-hybridized carbons (Fsp3) is 0.208. The van der Waals surface area contributed by atoms with Gasteiger partial charge in [0.2, 0.25) is 0 Å². The molecule has 0 aromatic heterocycles. The number of carbonyl (C=O) groups is 1. The Hall–Kier alpha value is -3.48. The zero-order valence-electron chi connectivity index (χ0n) is 19.2. The molecule has 13 heteroatoms. The van der Waals surface area contributed by atoms with Gasteiger partial charge in [-0.1, -0.05) is 29.8 Å². The number of aromatic carboxylic acids is 1. The first-order valence-corrected chi connectivity index (χ1v) is 12.4. The lowest BCUT2D eigenvalue weighted by Gasteiger charge is -2.21. The number of anilines is 2. The number of aliphatic hydroxyl groups is 1. The first-order chi connectivity index (χ1) is 17.3. The first kappa shape index (κ1) is 28.1. The van der Waals surface area contributed by atoms with Crippen LogP contribution in [0.15, 0.2) is 65.6 Å². The van der Waals surface area contributed by atoms with Gasteiger partial charge in [-0.2, -0.15) is 13.2 Å². The van der Waals surface area contributed by atoms with E-state index in [1.807, 2.05) is 0 Å². The van der Waals surface area contributed by atoms with E-state index in [9.17, 15) is 26.4 Å². The molecule has 1 unspecified atom stereocenters. The Bertz CT molecular complexity index is 1400. The summed E-state index contributed by atoms with van der Waals surface area (Å²) in [7, 11) is -2.55. The topological polar surface area (TPSA) is 130 Å². The number of rotatable bonds is 5. The number of nitrogen functional groups attached to an aromatic ring is 1. The van der Waals surface area contributed by atoms with E-state index in [0.717, 1.165) is 17.7 Å². The quantitative estimate of drug-likeness (QED) is 0.388. The van der Waals surface area contributed by atoms with Crippen molar-refractivity contribution >= 4 is 39.0 Å². The van der Waals surface area contributed by atoms with Crippen LogP contribution in [-0.2, 0) is 16.4 Å². The average Bonchev–Trinajstić information content (AvgIpc) is 3.28. The van der Waals surface area contributed by atoms with Gasteiger partial charge in [0.15, 0.2) is 6.10 Å². The number of alkyl halides is 3. The molecule has 0 spiro atoms. The third-order valence-corrected chi connectivity index (χ3v) is 7.51. The van der Waals surface area contributed by atoms with E-state index >= 15 is 0 Å². The Morgan fingerprint density at radius 3 is 2.32 bits per heavy atom. The second-order valence-corrected chi connectivity index (χ2v) is 10.1. The average molecular weight is 559 g/mol. The number of fused-ring (bicyclic) bond motifs is 1. The summed E-state index contributed by atoms with van der Waals surface area (Å²) in [5.74, 6) is -0.926. The fourth-order valence-corrected chi connectivity index (χ4v) is 5.49. The number of hydrogen-bond acceptors (Lipinski definition) is 6. The second kappa shape index (κ2) is 10.9. The Kier molecular flexibility index (Phi) is 8.25. The van der Waals surface area contributed by atoms with Crippen LogP contribution in [0.1, 0.15) is 27.6 Å². The monoisotopic (exact) mass is 558 g/mol. The molecule has 1 atom stereocenters. The summed E-state index contributed by atoms with van der Waals surface area (Å²) >= 11 is 5.94. The fourth-order valence-electron chi connectivity index (χ4n) is 3.57. The molecule has 4 N–H and O–H groups in total. The van der Waals surface area contributed by atoms with Crippen LogP contribution in [-0.4, -0.2) is 44.4 Å². The maximum atomic E-state index is 13.1. The summed E-state index contributed by atoms with van der Waals surface area (Å²) in [6.45, 7) is 0.233. The van der Waals surface area contributed by atoms with Gasteiger partial charge in [0, 0.05) is 17.3 Å². The number of carboxylic acids is 1. The van der Waals surface area contributed by atoms with Gasteiger partial charge >= 0.3 is 12.1 Å². The number of nitrogens with two attached hydrogens (primary N) is 1. The van der Waals surface area contributed by atoms with Gasteiger partial charge in [0.25, 0.3) is 10.0 Å². The number of methoxy groups -OCH3 is 1. The molecular formula is C24H22ClF3N2O6S. The molecule has 37 heavy (non-hydrogen) atoms. The first-order valence-electron chi connectivity index (χ1n) is 10.6. The highest BCUT2D eigenvalue weighted by molar-refractivity contribution is 7.93. The number of aliphatic hydroxyl groups excluding tert-OH is 1. The molecular weight excluding hydrogens is 537 g/mol. The zero-order chi connectivity index (χ0) is 27.5. The van der Waals surface area contributed by atoms with Gasteiger partial charge in [-0.3, -0.25) is 4.31 Å². The lowest BCUT2D eigenvalue weighted by Crippen LogP contribution is -2.29. The van der Waals surface area contributed by atoms with Crippen LogP contribution in [0.4, 0.5) is 24.5 Å². The predicted octanol–water partition coefficient (Wildman–Crippen LogP) is 4.66. The second-order valence-electron chi connectivity index (χ2n) is 7.88. The number of halogens is 4. The van der Waals surface area contributed by atoms with Gasteiger partial charge in [0.05, 0.1) is 18.4 Å². The molecule has 4 rings (SSSR count). The van der Waals surface area contributed by atoms with Crippen LogP contribution >= 0.6 is 11.6 Å². The molecule has 3 aromatic carbocycles. The molecule has 8 nitrogen and oxygen atoms in total. The van der Waals surface area contributed by atoms with Crippen LogP contribution in [0.2, 0.25) is 5.02 Å². The summed E-state index contributed by atoms with van der Waals surface area (Å²) in [6.07, 6.45) is -6.55. The molecule has 0 amide bonds. The van der Waals surface area contributed by atoms with Crippen molar-refractivity contribution in [3.63, 3.8) is 0 Å². The molecule has 0 saturated heterocycles. The van der Waals surface area contributed by atoms with E-state index in [1.54, 1.807) is 12.1 Å². The highest BCUT2D eigenvalue weighted by Gasteiger charge is 2.39. The lowest BCUT2D eigenvalue weighted by molar-refractivity contribution is -0.206. The number of nitrogens with zero attached hydrogens (tertiary/aromatic N) is 1. The van der Waals surface area contributed by atoms with Crippen molar-refractivity contribution in [2.24, 2.45) is 0 Å². The Morgan fingerprint density at radius 2 is 1.76 bits per heavy atom. The maximum Gasteiger partial charge on any atom is 0.418 e. The molecule has 198 valence electrons. The zero-order valence-corrected chi connectivity index (χ0v) is 20.8. The largest absolute Gasteiger partial charge is 0.495 e. The van der Waals surface area contributed by atoms with Gasteiger partial charge in [-0.05, 0) is 60.0 Å². The SMILES string of the molecule is COc1ccc(Cl)cc1S(=O)(=O)N1CCc2ccc(C(=O)O)cc21.Nc1ccc(C(O)C(F)(F)F)cc1. The van der Waals surface area contributed by atoms with E-state index in [-0.39, 0.29) is 33.3 Å². The number of hydrogen-bond donors (Lipinski definition) is 3. The van der Waals surface area contributed by atoms with Gasteiger partial charge in [-0.15, -0.1) is 0 Å². The number of benzene rings is 3. The molecule has 0 aliphatic carbocycles. The molecule has 3 aromatic rings. The minimum absolute atomic E-state index is 0.0360. The Morgan fingerprint density at radius 1 is 1.11 bits per heavy atom. The van der Waals surface area contributed by atoms with E-state index in [4.69, 9.17) is 32.3 Å². The van der Waals surface area contributed by atoms with Crippen LogP contribution in [0.25, 0.3) is 0 Å². The van der Waals surface area contributed by atoms with Crippen LogP contribution in [0.5, 0.6) is 5.75 Å². The summed E-state index contributed by atoms with van der Waals surface area (Å²) in [5.41, 5.74) is 6.62. The Labute approximate surface area is 215 Å². The lowest BCUT2D eigenvalue weighted by atomic mass is 10.1. The summed E-state index contributed by atoms with van der Waals surface area (Å²) < 4.78 is 68.3. The number of carboxylic acid groups (broad SMARTS) is 1. The number of ether oxygens (including phenoxy) is 1. The third-order valence-electron chi connectivity index (χ3n) is 5.44. The van der Waals surface area contributed by atoms with Gasteiger partial charge < -0.3 is 20.7 Å². The van der Waals surface area contributed by atoms with Crippen molar-refractivity contribution in [2.45, 2.75) is 23.6 Å². The molecule has 1 aliphatic heterocycles. The molecule has 0 radical (unpaired) electrons. The summed E-state index contributed by atoms with van der Waals surface area (Å²) in [6, 6.07) is 13.8. The summed E-state index contributed by atoms with van der Waals surface area (Å²) in [4.78, 5) is 11.1. The van der Waals surface area contributed by atoms with Gasteiger partial charge in [-0.25, -0.2) is 13.2 Å². The predicted molar refractivity (Wildman–Crippen MR) is 132 cm³/mol. The van der Waals surface area contributed by atoms with E-state index in [0.29, 0.717) is 17.8 Å². The summed E-state index contributed by atoms with van der Waals surface area (Å²) in [5, 5.41) is 18.2. The minimum atomic E-state index is -4.63. The smallest absolute Gasteiger partial charge is 0.418 e. The van der Waals surface area contributed by atoms with Crippen molar-refractivity contribution in [3.05, 3.63) is 82.4 Å². The van der Waals surface area contributed by atoms with Crippen LogP contribution in [0.3, 0.4) is 0 Å². The molecule has 0 saturated carbocycles. The van der Waals surface area contributed by atoms with Gasteiger partial charge in [0.1, 0.15) is 10.6 Å². The molecule has 1 heterocycles. The van der Waals surface area contributed by atoms with Crippen molar-refractivity contribution in [1.82, 2.24) is 0 Å². The van der Waals surface area contributed by atoms with E-state index in [2.05, 4.69) is 0 Å². The highest BCUT2D eigenvalue weighted by Crippen LogP contribution is 2.37. The number of sulfonamides is 1. The molecule has 0 fully saturated rings. The Balaban J connectivity index is 0.000000248. The third kappa shape index (κ3) is 6.27. The van der Waals surface area contributed by atoms with Crippen LogP contribution < -0.4 is 14.8 Å². The standard InChI is InChI=1S/C16H14ClNO5S.C8H8F3NO/c1-23-14-5-4-12(17)9-15(14)24(21,22)18-7-6-10-2-3-11(16(19)20)8-13(10)18;9-8(10,11)7(13)5-1-3-6(12)4-2-5/h2-5,8-9H,6-7H2,1H3,(H,19,20);1-4,7,13H,12H2. The van der Waals surface area contributed by atoms with Crippen LogP contribution in [0, 0.1) is 0 Å². The van der Waals surface area contributed by atoms with Crippen molar-refractivity contribution in [2.75, 3.05) is 23.7 Å². The minimum Gasteiger partial charge on any atom is -0.495 e. The highest BCUT2D eigenvalue weighted by atomic mass is 35.5. The maximum absolute atomic E-state index is 13.1. The van der Waals surface area contributed by atoms with E-state index in [1.165, 1.54) is 47.8 Å². The van der Waals surface area contributed by atoms with Crippen molar-refractivity contribution < 1.29 is 41.3 Å². The van der Waals surface area contributed by atoms with Crippen molar-refractivity contribution in [1.29, 1.82) is 0 Å². The molecule has 0 bridgehead atoms. The normalized spacial score (nSPS) is 13.8. The van der Waals surface area contributed by atoms with E-state index < -0.39 is 28.3 Å². The molecule has 1 aliphatic rings.